The average Bonchev–Trinajstić information content (AvgIpc) is 3.04. The molecular weight excluding hydrogens is 348 g/mol. The minimum Gasteiger partial charge on any atom is -0.341 e. The van der Waals surface area contributed by atoms with Gasteiger partial charge in [-0.25, -0.2) is 9.97 Å². The summed E-state index contributed by atoms with van der Waals surface area (Å²) in [6.07, 6.45) is 11.5. The van der Waals surface area contributed by atoms with Crippen molar-refractivity contribution in [3.63, 3.8) is 0 Å². The number of carbonyl (C=O) groups is 1. The standard InChI is InChI=1S/C23H30N4O/c28-22(26-12-6-1-2-7-13-26)21-17-24-23(25-18-21)27-14-10-20(11-15-27)16-19-8-4-3-5-9-19/h3-5,8-9,17-18,20H,1-2,6-7,10-16H2. The van der Waals surface area contributed by atoms with Crippen LogP contribution < -0.4 is 4.90 Å². The summed E-state index contributed by atoms with van der Waals surface area (Å²) >= 11 is 0. The van der Waals surface area contributed by atoms with Crippen molar-refractivity contribution in [3.8, 4) is 0 Å². The van der Waals surface area contributed by atoms with Gasteiger partial charge in [0.25, 0.3) is 5.91 Å². The van der Waals surface area contributed by atoms with Crippen LogP contribution in [0, 0.1) is 5.92 Å². The lowest BCUT2D eigenvalue weighted by Crippen LogP contribution is -2.36. The first-order valence-electron chi connectivity index (χ1n) is 10.7. The predicted octanol–water partition coefficient (Wildman–Crippen LogP) is 3.95. The Balaban J connectivity index is 1.31. The molecule has 5 heteroatoms. The molecule has 0 saturated carbocycles. The lowest BCUT2D eigenvalue weighted by atomic mass is 9.90. The molecule has 1 aromatic carbocycles. The van der Waals surface area contributed by atoms with Crippen LogP contribution in [0.2, 0.25) is 0 Å². The van der Waals surface area contributed by atoms with E-state index in [1.54, 1.807) is 12.4 Å². The zero-order valence-electron chi connectivity index (χ0n) is 16.6. The fourth-order valence-electron chi connectivity index (χ4n) is 4.34. The second kappa shape index (κ2) is 9.18. The molecule has 1 amide bonds. The van der Waals surface area contributed by atoms with E-state index < -0.39 is 0 Å². The average molecular weight is 379 g/mol. The Morgan fingerprint density at radius 1 is 0.893 bits per heavy atom. The first-order valence-corrected chi connectivity index (χ1v) is 10.7. The summed E-state index contributed by atoms with van der Waals surface area (Å²) in [5.41, 5.74) is 2.04. The van der Waals surface area contributed by atoms with Crippen LogP contribution in [-0.2, 0) is 6.42 Å². The van der Waals surface area contributed by atoms with E-state index in [1.807, 2.05) is 4.90 Å². The van der Waals surface area contributed by atoms with Gasteiger partial charge in [0.05, 0.1) is 5.56 Å². The third-order valence-electron chi connectivity index (χ3n) is 6.04. The monoisotopic (exact) mass is 378 g/mol. The summed E-state index contributed by atoms with van der Waals surface area (Å²) in [5, 5.41) is 0. The molecule has 0 atom stereocenters. The molecule has 0 bridgehead atoms. The number of likely N-dealkylation sites (tertiary alicyclic amines) is 1. The SMILES string of the molecule is O=C(c1cnc(N2CCC(Cc3ccccc3)CC2)nc1)N1CCCCCC1. The molecule has 2 fully saturated rings. The highest BCUT2D eigenvalue weighted by Crippen LogP contribution is 2.24. The number of piperidine rings is 1. The highest BCUT2D eigenvalue weighted by atomic mass is 16.2. The van der Waals surface area contributed by atoms with Gasteiger partial charge in [-0.2, -0.15) is 0 Å². The Bertz CT molecular complexity index is 746. The lowest BCUT2D eigenvalue weighted by Gasteiger charge is -2.32. The molecule has 4 rings (SSSR count). The Morgan fingerprint density at radius 2 is 1.54 bits per heavy atom. The number of benzene rings is 1. The minimum atomic E-state index is 0.0787. The van der Waals surface area contributed by atoms with Crippen molar-refractivity contribution in [2.75, 3.05) is 31.1 Å². The molecule has 0 spiro atoms. The van der Waals surface area contributed by atoms with E-state index in [0.717, 1.165) is 70.1 Å². The van der Waals surface area contributed by atoms with Crippen molar-refractivity contribution in [1.82, 2.24) is 14.9 Å². The van der Waals surface area contributed by atoms with Gasteiger partial charge in [-0.1, -0.05) is 43.2 Å². The molecule has 28 heavy (non-hydrogen) atoms. The van der Waals surface area contributed by atoms with Crippen LogP contribution in [0.5, 0.6) is 0 Å². The molecule has 2 aromatic rings. The molecule has 0 aliphatic carbocycles. The van der Waals surface area contributed by atoms with Crippen molar-refractivity contribution >= 4 is 11.9 Å². The van der Waals surface area contributed by atoms with Gasteiger partial charge in [0.2, 0.25) is 5.95 Å². The first kappa shape index (κ1) is 18.9. The molecule has 148 valence electrons. The Labute approximate surface area is 167 Å². The summed E-state index contributed by atoms with van der Waals surface area (Å²) in [4.78, 5) is 25.9. The van der Waals surface area contributed by atoms with Gasteiger partial charge >= 0.3 is 0 Å². The van der Waals surface area contributed by atoms with Crippen LogP contribution in [0.25, 0.3) is 0 Å². The number of anilines is 1. The van der Waals surface area contributed by atoms with Gasteiger partial charge in [-0.15, -0.1) is 0 Å². The summed E-state index contributed by atoms with van der Waals surface area (Å²) < 4.78 is 0. The van der Waals surface area contributed by atoms with Crippen LogP contribution in [0.15, 0.2) is 42.7 Å². The maximum absolute atomic E-state index is 12.7. The normalized spacial score (nSPS) is 18.7. The molecule has 3 heterocycles. The summed E-state index contributed by atoms with van der Waals surface area (Å²) in [6, 6.07) is 10.7. The second-order valence-electron chi connectivity index (χ2n) is 8.10. The number of hydrogen-bond donors (Lipinski definition) is 0. The van der Waals surface area contributed by atoms with Gasteiger partial charge in [-0.3, -0.25) is 4.79 Å². The third kappa shape index (κ3) is 4.70. The van der Waals surface area contributed by atoms with Crippen molar-refractivity contribution in [3.05, 3.63) is 53.9 Å². The van der Waals surface area contributed by atoms with Crippen LogP contribution in [0.1, 0.15) is 54.4 Å². The molecule has 2 aliphatic heterocycles. The molecule has 1 aromatic heterocycles. The number of hydrogen-bond acceptors (Lipinski definition) is 4. The molecule has 2 aliphatic rings. The van der Waals surface area contributed by atoms with E-state index in [0.29, 0.717) is 5.56 Å². The summed E-state index contributed by atoms with van der Waals surface area (Å²) in [6.45, 7) is 3.68. The zero-order valence-corrected chi connectivity index (χ0v) is 16.6. The Kier molecular flexibility index (Phi) is 6.20. The second-order valence-corrected chi connectivity index (χ2v) is 8.10. The number of rotatable bonds is 4. The highest BCUT2D eigenvalue weighted by Gasteiger charge is 2.22. The van der Waals surface area contributed by atoms with Crippen LogP contribution >= 0.6 is 0 Å². The van der Waals surface area contributed by atoms with Crippen molar-refractivity contribution in [1.29, 1.82) is 0 Å². The van der Waals surface area contributed by atoms with E-state index in [9.17, 15) is 4.79 Å². The number of aromatic nitrogens is 2. The number of nitrogens with zero attached hydrogens (tertiary/aromatic N) is 4. The van der Waals surface area contributed by atoms with Gasteiger partial charge in [0.1, 0.15) is 0 Å². The fourth-order valence-corrected chi connectivity index (χ4v) is 4.34. The van der Waals surface area contributed by atoms with Gasteiger partial charge in [0.15, 0.2) is 0 Å². The largest absolute Gasteiger partial charge is 0.341 e. The van der Waals surface area contributed by atoms with Gasteiger partial charge in [0, 0.05) is 38.6 Å². The van der Waals surface area contributed by atoms with E-state index in [-0.39, 0.29) is 5.91 Å². The van der Waals surface area contributed by atoms with Crippen molar-refractivity contribution in [2.45, 2.75) is 44.9 Å². The topological polar surface area (TPSA) is 49.3 Å². The van der Waals surface area contributed by atoms with Crippen molar-refractivity contribution < 1.29 is 4.79 Å². The fraction of sp³-hybridized carbons (Fsp3) is 0.522. The van der Waals surface area contributed by atoms with E-state index >= 15 is 0 Å². The van der Waals surface area contributed by atoms with E-state index in [1.165, 1.54) is 18.4 Å². The first-order chi connectivity index (χ1) is 13.8. The molecule has 0 N–H and O–H groups in total. The molecule has 0 unspecified atom stereocenters. The van der Waals surface area contributed by atoms with E-state index in [2.05, 4.69) is 45.2 Å². The van der Waals surface area contributed by atoms with Crippen molar-refractivity contribution in [2.24, 2.45) is 5.92 Å². The number of amides is 1. The quantitative estimate of drug-likeness (QED) is 0.808. The predicted molar refractivity (Wildman–Crippen MR) is 111 cm³/mol. The van der Waals surface area contributed by atoms with Crippen LogP contribution in [-0.4, -0.2) is 47.0 Å². The molecular formula is C23H30N4O. The minimum absolute atomic E-state index is 0.0787. The Hall–Kier alpha value is -2.43. The van der Waals surface area contributed by atoms with Crippen LogP contribution in [0.3, 0.4) is 0 Å². The maximum Gasteiger partial charge on any atom is 0.256 e. The number of carbonyl (C=O) groups excluding carboxylic acids is 1. The molecule has 0 radical (unpaired) electrons. The summed E-state index contributed by atoms with van der Waals surface area (Å²) in [5.74, 6) is 1.56. The maximum atomic E-state index is 12.7. The highest BCUT2D eigenvalue weighted by molar-refractivity contribution is 5.93. The Morgan fingerprint density at radius 3 is 2.18 bits per heavy atom. The van der Waals surface area contributed by atoms with Gasteiger partial charge < -0.3 is 9.80 Å². The smallest absolute Gasteiger partial charge is 0.256 e. The van der Waals surface area contributed by atoms with Gasteiger partial charge in [-0.05, 0) is 43.6 Å². The van der Waals surface area contributed by atoms with E-state index in [4.69, 9.17) is 0 Å². The lowest BCUT2D eigenvalue weighted by molar-refractivity contribution is 0.0761. The zero-order chi connectivity index (χ0) is 19.2. The molecule has 5 nitrogen and oxygen atoms in total. The van der Waals surface area contributed by atoms with Crippen LogP contribution in [0.4, 0.5) is 5.95 Å². The third-order valence-corrected chi connectivity index (χ3v) is 6.04. The molecule has 2 saturated heterocycles. The summed E-state index contributed by atoms with van der Waals surface area (Å²) in [7, 11) is 0.